The molecule has 1 aromatic rings. The molecule has 1 unspecified atom stereocenters. The highest BCUT2D eigenvalue weighted by atomic mass is 19.1. The second kappa shape index (κ2) is 6.58. The van der Waals surface area contributed by atoms with E-state index in [1.54, 1.807) is 7.11 Å². The molecule has 0 radical (unpaired) electrons. The molecule has 0 aliphatic rings. The first-order valence-corrected chi connectivity index (χ1v) is 5.23. The Bertz CT molecular complexity index is 311. The lowest BCUT2D eigenvalue weighted by atomic mass is 10.1. The Morgan fingerprint density at radius 3 is 2.69 bits per heavy atom. The van der Waals surface area contributed by atoms with Crippen molar-refractivity contribution in [2.24, 2.45) is 5.73 Å². The summed E-state index contributed by atoms with van der Waals surface area (Å²) in [5.74, 6) is -0.262. The molecule has 3 nitrogen and oxygen atoms in total. The molecule has 1 aromatic carbocycles. The number of hydrogen-bond donors (Lipinski definition) is 1. The van der Waals surface area contributed by atoms with Crippen LogP contribution in [-0.4, -0.2) is 26.9 Å². The van der Waals surface area contributed by atoms with Gasteiger partial charge in [0.25, 0.3) is 0 Å². The van der Waals surface area contributed by atoms with Crippen LogP contribution in [-0.2, 0) is 9.47 Å². The van der Waals surface area contributed by atoms with Gasteiger partial charge in [-0.15, -0.1) is 0 Å². The maximum atomic E-state index is 13.1. The molecular weight excluding hydrogens is 209 g/mol. The SMILES string of the molecule is COCCOCC(N)c1cc(C)cc(F)c1. The Morgan fingerprint density at radius 1 is 1.31 bits per heavy atom. The molecule has 0 heterocycles. The predicted octanol–water partition coefficient (Wildman–Crippen LogP) is 1.80. The van der Waals surface area contributed by atoms with Crippen LogP contribution in [0.3, 0.4) is 0 Å². The Balaban J connectivity index is 2.48. The van der Waals surface area contributed by atoms with E-state index in [-0.39, 0.29) is 11.9 Å². The lowest BCUT2D eigenvalue weighted by Crippen LogP contribution is -2.18. The number of benzene rings is 1. The molecule has 0 bridgehead atoms. The van der Waals surface area contributed by atoms with Crippen LogP contribution in [0.2, 0.25) is 0 Å². The molecule has 4 heteroatoms. The van der Waals surface area contributed by atoms with Gasteiger partial charge in [0.15, 0.2) is 0 Å². The molecular formula is C12H18FNO2. The molecule has 0 aliphatic carbocycles. The monoisotopic (exact) mass is 227 g/mol. The largest absolute Gasteiger partial charge is 0.382 e. The topological polar surface area (TPSA) is 44.5 Å². The number of ether oxygens (including phenoxy) is 2. The Kier molecular flexibility index (Phi) is 5.38. The van der Waals surface area contributed by atoms with E-state index in [1.165, 1.54) is 12.1 Å². The number of halogens is 1. The lowest BCUT2D eigenvalue weighted by Gasteiger charge is -2.13. The first-order chi connectivity index (χ1) is 7.63. The second-order valence-electron chi connectivity index (χ2n) is 3.74. The van der Waals surface area contributed by atoms with Crippen molar-refractivity contribution in [1.82, 2.24) is 0 Å². The zero-order valence-corrected chi connectivity index (χ0v) is 9.70. The predicted molar refractivity (Wildman–Crippen MR) is 60.8 cm³/mol. The van der Waals surface area contributed by atoms with E-state index in [1.807, 2.05) is 13.0 Å². The van der Waals surface area contributed by atoms with Crippen molar-refractivity contribution in [3.05, 3.63) is 35.1 Å². The average molecular weight is 227 g/mol. The minimum absolute atomic E-state index is 0.262. The first-order valence-electron chi connectivity index (χ1n) is 5.23. The maximum Gasteiger partial charge on any atom is 0.123 e. The van der Waals surface area contributed by atoms with Crippen molar-refractivity contribution in [3.63, 3.8) is 0 Å². The Morgan fingerprint density at radius 2 is 2.06 bits per heavy atom. The van der Waals surface area contributed by atoms with E-state index < -0.39 is 0 Å². The van der Waals surface area contributed by atoms with Gasteiger partial charge in [0.1, 0.15) is 5.82 Å². The van der Waals surface area contributed by atoms with E-state index in [0.717, 1.165) is 11.1 Å². The highest BCUT2D eigenvalue weighted by Crippen LogP contribution is 2.14. The van der Waals surface area contributed by atoms with Crippen molar-refractivity contribution < 1.29 is 13.9 Å². The van der Waals surface area contributed by atoms with E-state index in [9.17, 15) is 4.39 Å². The van der Waals surface area contributed by atoms with Crippen molar-refractivity contribution in [2.75, 3.05) is 26.9 Å². The standard InChI is InChI=1S/C12H18FNO2/c1-9-5-10(7-11(13)6-9)12(14)8-16-4-3-15-2/h5-7,12H,3-4,8,14H2,1-2H3. The summed E-state index contributed by atoms with van der Waals surface area (Å²) in [4.78, 5) is 0. The fourth-order valence-corrected chi connectivity index (χ4v) is 1.43. The Hall–Kier alpha value is -0.970. The molecule has 16 heavy (non-hydrogen) atoms. The van der Waals surface area contributed by atoms with Crippen LogP contribution in [0.15, 0.2) is 18.2 Å². The first kappa shape index (κ1) is 13.1. The molecule has 1 rings (SSSR count). The highest BCUT2D eigenvalue weighted by molar-refractivity contribution is 5.26. The second-order valence-corrected chi connectivity index (χ2v) is 3.74. The summed E-state index contributed by atoms with van der Waals surface area (Å²) >= 11 is 0. The van der Waals surface area contributed by atoms with Gasteiger partial charge in [0.05, 0.1) is 25.9 Å². The van der Waals surface area contributed by atoms with Gasteiger partial charge in [-0.05, 0) is 30.2 Å². The minimum atomic E-state index is -0.300. The molecule has 2 N–H and O–H groups in total. The zero-order valence-electron chi connectivity index (χ0n) is 9.70. The maximum absolute atomic E-state index is 13.1. The molecule has 0 aromatic heterocycles. The average Bonchev–Trinajstić information content (AvgIpc) is 2.22. The summed E-state index contributed by atoms with van der Waals surface area (Å²) in [6, 6.07) is 4.48. The summed E-state index contributed by atoms with van der Waals surface area (Å²) < 4.78 is 23.3. The summed E-state index contributed by atoms with van der Waals surface area (Å²) in [6.07, 6.45) is 0. The van der Waals surface area contributed by atoms with Crippen LogP contribution in [0.25, 0.3) is 0 Å². The Labute approximate surface area is 95.4 Å². The third-order valence-electron chi connectivity index (χ3n) is 2.22. The molecule has 0 amide bonds. The summed E-state index contributed by atoms with van der Waals surface area (Å²) in [6.45, 7) is 3.24. The van der Waals surface area contributed by atoms with Crippen molar-refractivity contribution >= 4 is 0 Å². The molecule has 0 saturated heterocycles. The van der Waals surface area contributed by atoms with Crippen LogP contribution < -0.4 is 5.73 Å². The van der Waals surface area contributed by atoms with Crippen molar-refractivity contribution in [1.29, 1.82) is 0 Å². The third kappa shape index (κ3) is 4.26. The highest BCUT2D eigenvalue weighted by Gasteiger charge is 2.08. The van der Waals surface area contributed by atoms with Crippen LogP contribution in [0.5, 0.6) is 0 Å². The molecule has 1 atom stereocenters. The van der Waals surface area contributed by atoms with Crippen LogP contribution in [0, 0.1) is 12.7 Å². The number of rotatable bonds is 6. The number of nitrogens with two attached hydrogens (primary N) is 1. The van der Waals surface area contributed by atoms with Gasteiger partial charge < -0.3 is 15.2 Å². The van der Waals surface area contributed by atoms with E-state index >= 15 is 0 Å². The van der Waals surface area contributed by atoms with Crippen molar-refractivity contribution in [2.45, 2.75) is 13.0 Å². The normalized spacial score (nSPS) is 12.8. The van der Waals surface area contributed by atoms with Crippen LogP contribution >= 0.6 is 0 Å². The quantitative estimate of drug-likeness (QED) is 0.754. The molecule has 0 fully saturated rings. The van der Waals surface area contributed by atoms with Gasteiger partial charge in [-0.1, -0.05) is 6.07 Å². The smallest absolute Gasteiger partial charge is 0.123 e. The number of hydrogen-bond acceptors (Lipinski definition) is 3. The van der Waals surface area contributed by atoms with Gasteiger partial charge in [0, 0.05) is 7.11 Å². The van der Waals surface area contributed by atoms with Gasteiger partial charge in [0.2, 0.25) is 0 Å². The third-order valence-corrected chi connectivity index (χ3v) is 2.22. The molecule has 90 valence electrons. The minimum Gasteiger partial charge on any atom is -0.382 e. The summed E-state index contributed by atoms with van der Waals surface area (Å²) in [5.41, 5.74) is 7.50. The van der Waals surface area contributed by atoms with Gasteiger partial charge in [-0.3, -0.25) is 0 Å². The van der Waals surface area contributed by atoms with E-state index in [4.69, 9.17) is 15.2 Å². The van der Waals surface area contributed by atoms with E-state index in [0.29, 0.717) is 19.8 Å². The fourth-order valence-electron chi connectivity index (χ4n) is 1.43. The fraction of sp³-hybridized carbons (Fsp3) is 0.500. The molecule has 0 spiro atoms. The van der Waals surface area contributed by atoms with Crippen molar-refractivity contribution in [3.8, 4) is 0 Å². The summed E-state index contributed by atoms with van der Waals surface area (Å²) in [7, 11) is 1.61. The van der Waals surface area contributed by atoms with Gasteiger partial charge in [-0.2, -0.15) is 0 Å². The number of aryl methyl sites for hydroxylation is 1. The van der Waals surface area contributed by atoms with Crippen LogP contribution in [0.4, 0.5) is 4.39 Å². The van der Waals surface area contributed by atoms with E-state index in [2.05, 4.69) is 0 Å². The number of methoxy groups -OCH3 is 1. The van der Waals surface area contributed by atoms with Gasteiger partial charge >= 0.3 is 0 Å². The lowest BCUT2D eigenvalue weighted by molar-refractivity contribution is 0.0635. The molecule has 0 aliphatic heterocycles. The van der Waals surface area contributed by atoms with Crippen LogP contribution in [0.1, 0.15) is 17.2 Å². The molecule has 0 saturated carbocycles. The zero-order chi connectivity index (χ0) is 12.0. The summed E-state index contributed by atoms with van der Waals surface area (Å²) in [5, 5.41) is 0. The van der Waals surface area contributed by atoms with Gasteiger partial charge in [-0.25, -0.2) is 4.39 Å².